The molecule has 0 spiro atoms. The smallest absolute Gasteiger partial charge is 0.127 e. The number of ether oxygens (including phenoxy) is 1. The van der Waals surface area contributed by atoms with Crippen LogP contribution in [0.1, 0.15) is 89.0 Å². The number of unbranched alkanes of at least 4 members (excludes halogenated alkanes) is 12. The maximum Gasteiger partial charge on any atom is 0.127 e. The Morgan fingerprint density at radius 1 is 0.536 bits per heavy atom. The second-order valence-electron chi connectivity index (χ2n) is 7.91. The quantitative estimate of drug-likeness (QED) is 0.252. The van der Waals surface area contributed by atoms with Gasteiger partial charge < -0.3 is 4.74 Å². The lowest BCUT2D eigenvalue weighted by Crippen LogP contribution is -1.97. The lowest BCUT2D eigenvalue weighted by atomic mass is 10.0. The molecule has 0 atom stereocenters. The fourth-order valence-electron chi connectivity index (χ4n) is 3.67. The molecule has 28 heavy (non-hydrogen) atoms. The minimum Gasteiger partial charge on any atom is -0.493 e. The third-order valence-electron chi connectivity index (χ3n) is 5.39. The molecule has 0 saturated heterocycles. The molecule has 0 unspecified atom stereocenters. The van der Waals surface area contributed by atoms with E-state index in [1.54, 1.807) is 0 Å². The van der Waals surface area contributed by atoms with Crippen LogP contribution in [0.15, 0.2) is 54.6 Å². The summed E-state index contributed by atoms with van der Waals surface area (Å²) in [7, 11) is 0. The van der Waals surface area contributed by atoms with Crippen LogP contribution in [0, 0.1) is 6.07 Å². The first kappa shape index (κ1) is 22.5. The highest BCUT2D eigenvalue weighted by Crippen LogP contribution is 2.14. The van der Waals surface area contributed by atoms with E-state index in [1.807, 2.05) is 24.3 Å². The van der Waals surface area contributed by atoms with E-state index >= 15 is 0 Å². The molecule has 2 aromatic rings. The predicted octanol–water partition coefficient (Wildman–Crippen LogP) is 8.18. The summed E-state index contributed by atoms with van der Waals surface area (Å²) in [6.07, 6.45) is 19.1. The summed E-state index contributed by atoms with van der Waals surface area (Å²) in [5.74, 6) is 0.874. The van der Waals surface area contributed by atoms with Crippen LogP contribution in [-0.4, -0.2) is 6.61 Å². The van der Waals surface area contributed by atoms with Crippen molar-refractivity contribution in [3.05, 3.63) is 66.2 Å². The highest BCUT2D eigenvalue weighted by Gasteiger charge is 1.96. The average Bonchev–Trinajstić information content (AvgIpc) is 2.75. The number of aryl methyl sites for hydroxylation is 1. The highest BCUT2D eigenvalue weighted by molar-refractivity contribution is 5.19. The van der Waals surface area contributed by atoms with Gasteiger partial charge in [0.1, 0.15) is 5.75 Å². The Balaban J connectivity index is 1.25. The van der Waals surface area contributed by atoms with Crippen LogP contribution < -0.4 is 4.74 Å². The van der Waals surface area contributed by atoms with E-state index in [0.717, 1.165) is 18.8 Å². The van der Waals surface area contributed by atoms with Crippen molar-refractivity contribution in [2.45, 2.75) is 89.9 Å². The van der Waals surface area contributed by atoms with Crippen LogP contribution in [0.4, 0.5) is 0 Å². The van der Waals surface area contributed by atoms with E-state index in [1.165, 1.54) is 89.0 Å². The number of para-hydroxylation sites is 1. The summed E-state index contributed by atoms with van der Waals surface area (Å²) >= 11 is 0. The molecule has 153 valence electrons. The Labute approximate surface area is 173 Å². The minimum atomic E-state index is 0.825. The van der Waals surface area contributed by atoms with E-state index < -0.39 is 0 Å². The van der Waals surface area contributed by atoms with Crippen LogP contribution in [0.3, 0.4) is 0 Å². The molecule has 0 bridgehead atoms. The fourth-order valence-corrected chi connectivity index (χ4v) is 3.67. The molecule has 0 fully saturated rings. The van der Waals surface area contributed by atoms with Crippen molar-refractivity contribution in [1.29, 1.82) is 0 Å². The maximum absolute atomic E-state index is 5.68. The van der Waals surface area contributed by atoms with Crippen molar-refractivity contribution in [3.63, 3.8) is 0 Å². The molecule has 1 radical (unpaired) electrons. The Morgan fingerprint density at radius 3 is 1.64 bits per heavy atom. The van der Waals surface area contributed by atoms with E-state index in [2.05, 4.69) is 36.4 Å². The van der Waals surface area contributed by atoms with Gasteiger partial charge in [0.25, 0.3) is 0 Å². The molecule has 0 aliphatic carbocycles. The second-order valence-corrected chi connectivity index (χ2v) is 7.91. The Bertz CT molecular complexity index is 510. The lowest BCUT2D eigenvalue weighted by molar-refractivity contribution is 0.303. The summed E-state index contributed by atoms with van der Waals surface area (Å²) in [5, 5.41) is 0. The molecule has 2 rings (SSSR count). The first-order valence-electron chi connectivity index (χ1n) is 11.6. The molecule has 0 N–H and O–H groups in total. The summed E-state index contributed by atoms with van der Waals surface area (Å²) in [5.41, 5.74) is 1.49. The average molecular weight is 380 g/mol. The second kappa shape index (κ2) is 16.2. The summed E-state index contributed by atoms with van der Waals surface area (Å²) in [6.45, 7) is 0.825. The summed E-state index contributed by atoms with van der Waals surface area (Å²) < 4.78 is 5.68. The fraction of sp³-hybridized carbons (Fsp3) is 0.556. The van der Waals surface area contributed by atoms with Gasteiger partial charge in [0.2, 0.25) is 0 Å². The number of hydrogen-bond donors (Lipinski definition) is 0. The van der Waals surface area contributed by atoms with Crippen LogP contribution in [0.25, 0.3) is 0 Å². The van der Waals surface area contributed by atoms with Gasteiger partial charge in [-0.2, -0.15) is 0 Å². The Hall–Kier alpha value is -1.76. The summed E-state index contributed by atoms with van der Waals surface area (Å²) in [6, 6.07) is 21.8. The molecule has 0 aliphatic heterocycles. The van der Waals surface area contributed by atoms with Gasteiger partial charge in [-0.15, -0.1) is 0 Å². The molecule has 0 aliphatic rings. The van der Waals surface area contributed by atoms with Crippen molar-refractivity contribution < 1.29 is 4.74 Å². The molecule has 0 amide bonds. The van der Waals surface area contributed by atoms with Gasteiger partial charge in [0.05, 0.1) is 6.61 Å². The van der Waals surface area contributed by atoms with E-state index in [4.69, 9.17) is 4.74 Å². The van der Waals surface area contributed by atoms with Crippen molar-refractivity contribution >= 4 is 0 Å². The maximum atomic E-state index is 5.68. The molecular formula is C27H39O. The van der Waals surface area contributed by atoms with Gasteiger partial charge in [-0.1, -0.05) is 119 Å². The number of hydrogen-bond acceptors (Lipinski definition) is 1. The molecule has 2 aromatic carbocycles. The highest BCUT2D eigenvalue weighted by atomic mass is 16.5. The standard InChI is InChI=1S/C27H39O/c1(2-4-6-8-10-14-20-26-21-15-12-16-22-26)3-5-7-9-11-19-25-28-27-23-17-13-18-24-27/h12-13,15-18,21-23H,1-11,14,19-20,25H2. The van der Waals surface area contributed by atoms with Crippen LogP contribution in [0.2, 0.25) is 0 Å². The van der Waals surface area contributed by atoms with Crippen molar-refractivity contribution in [2.24, 2.45) is 0 Å². The molecule has 1 nitrogen and oxygen atoms in total. The normalized spacial score (nSPS) is 10.9. The van der Waals surface area contributed by atoms with Gasteiger partial charge in [-0.25, -0.2) is 0 Å². The first-order valence-corrected chi connectivity index (χ1v) is 11.6. The summed E-state index contributed by atoms with van der Waals surface area (Å²) in [4.78, 5) is 0. The van der Waals surface area contributed by atoms with Gasteiger partial charge in [-0.05, 0) is 30.9 Å². The minimum absolute atomic E-state index is 0.825. The largest absolute Gasteiger partial charge is 0.493 e. The Morgan fingerprint density at radius 2 is 1.07 bits per heavy atom. The lowest BCUT2D eigenvalue weighted by Gasteiger charge is -2.05. The van der Waals surface area contributed by atoms with Crippen molar-refractivity contribution in [3.8, 4) is 5.75 Å². The monoisotopic (exact) mass is 379 g/mol. The zero-order valence-electron chi connectivity index (χ0n) is 17.7. The van der Waals surface area contributed by atoms with Crippen molar-refractivity contribution in [1.82, 2.24) is 0 Å². The van der Waals surface area contributed by atoms with E-state index in [-0.39, 0.29) is 0 Å². The molecule has 0 aromatic heterocycles. The molecular weight excluding hydrogens is 340 g/mol. The third kappa shape index (κ3) is 11.8. The first-order chi connectivity index (χ1) is 13.9. The number of benzene rings is 2. The van der Waals surface area contributed by atoms with Crippen LogP contribution in [-0.2, 0) is 6.42 Å². The van der Waals surface area contributed by atoms with E-state index in [9.17, 15) is 0 Å². The van der Waals surface area contributed by atoms with Crippen molar-refractivity contribution in [2.75, 3.05) is 6.61 Å². The zero-order valence-corrected chi connectivity index (χ0v) is 17.7. The topological polar surface area (TPSA) is 9.23 Å². The van der Waals surface area contributed by atoms with Crippen LogP contribution >= 0.6 is 0 Å². The van der Waals surface area contributed by atoms with E-state index in [0.29, 0.717) is 0 Å². The molecule has 1 heteroatoms. The van der Waals surface area contributed by atoms with Crippen LogP contribution in [0.5, 0.6) is 5.75 Å². The predicted molar refractivity (Wildman–Crippen MR) is 121 cm³/mol. The molecule has 0 saturated carbocycles. The third-order valence-corrected chi connectivity index (χ3v) is 5.39. The SMILES string of the molecule is [c]1ccccc1OCCCCCCCCCCCCCCCc1ccccc1. The van der Waals surface area contributed by atoms with Gasteiger partial charge in [-0.3, -0.25) is 0 Å². The molecule has 0 heterocycles. The van der Waals surface area contributed by atoms with Gasteiger partial charge in [0.15, 0.2) is 0 Å². The zero-order chi connectivity index (χ0) is 19.5. The number of rotatable bonds is 17. The van der Waals surface area contributed by atoms with Gasteiger partial charge in [0, 0.05) is 6.07 Å². The van der Waals surface area contributed by atoms with Gasteiger partial charge >= 0.3 is 0 Å². The Kier molecular flexibility index (Phi) is 13.0.